The Labute approximate surface area is 199 Å². The van der Waals surface area contributed by atoms with Gasteiger partial charge in [-0.25, -0.2) is 9.07 Å². The van der Waals surface area contributed by atoms with E-state index in [1.54, 1.807) is 16.8 Å². The molecule has 1 unspecified atom stereocenters. The van der Waals surface area contributed by atoms with E-state index in [1.165, 1.54) is 25.0 Å². The Morgan fingerprint density at radius 1 is 1.21 bits per heavy atom. The molecule has 2 aromatic carbocycles. The van der Waals surface area contributed by atoms with Crippen molar-refractivity contribution in [1.29, 1.82) is 0 Å². The number of aliphatic hydroxyl groups excluding tert-OH is 1. The molecular weight excluding hydrogens is 433 g/mol. The number of aromatic nitrogens is 2. The number of hydrogen-bond donors (Lipinski definition) is 1. The first-order valence-electron chi connectivity index (χ1n) is 11.5. The monoisotopic (exact) mass is 463 g/mol. The highest BCUT2D eigenvalue weighted by molar-refractivity contribution is 5.65. The average Bonchev–Trinajstić information content (AvgIpc) is 3.60. The minimum absolute atomic E-state index is 0.177. The van der Waals surface area contributed by atoms with Crippen LogP contribution in [0.4, 0.5) is 4.39 Å². The standard InChI is InChI=1S/C27H30FN3O3/c1-3-15-33-19-23(32)17-31(16-20-9-10-20)18-25-26(21-7-5-4-6-8-21)29-30(2)27(25)34-24-13-11-22(28)12-14-24/h1,4-8,11-14,20,23,32H,9-10,15-19H2,2H3. The molecule has 0 radical (unpaired) electrons. The van der Waals surface area contributed by atoms with Crippen LogP contribution in [0, 0.1) is 24.1 Å². The number of nitrogens with zero attached hydrogens (tertiary/aromatic N) is 3. The summed E-state index contributed by atoms with van der Waals surface area (Å²) in [6.45, 7) is 2.21. The maximum Gasteiger partial charge on any atom is 0.222 e. The van der Waals surface area contributed by atoms with Gasteiger partial charge < -0.3 is 14.6 Å². The molecule has 1 fully saturated rings. The predicted molar refractivity (Wildman–Crippen MR) is 129 cm³/mol. The Hall–Kier alpha value is -3.18. The van der Waals surface area contributed by atoms with Gasteiger partial charge in [0.05, 0.1) is 18.3 Å². The first-order chi connectivity index (χ1) is 16.5. The summed E-state index contributed by atoms with van der Waals surface area (Å²) >= 11 is 0. The molecule has 0 aliphatic heterocycles. The molecular formula is C27H30FN3O3. The normalized spacial score (nSPS) is 14.2. The molecule has 1 aliphatic carbocycles. The molecule has 34 heavy (non-hydrogen) atoms. The lowest BCUT2D eigenvalue weighted by molar-refractivity contribution is 0.0250. The van der Waals surface area contributed by atoms with Crippen LogP contribution >= 0.6 is 0 Å². The van der Waals surface area contributed by atoms with Gasteiger partial charge in [-0.2, -0.15) is 5.10 Å². The number of halogens is 1. The van der Waals surface area contributed by atoms with Gasteiger partial charge in [0, 0.05) is 32.2 Å². The van der Waals surface area contributed by atoms with Gasteiger partial charge in [0.25, 0.3) is 0 Å². The molecule has 1 saturated carbocycles. The van der Waals surface area contributed by atoms with Crippen LogP contribution in [-0.4, -0.2) is 52.2 Å². The lowest BCUT2D eigenvalue weighted by atomic mass is 10.1. The average molecular weight is 464 g/mol. The maximum absolute atomic E-state index is 13.4. The van der Waals surface area contributed by atoms with E-state index in [2.05, 4.69) is 10.8 Å². The third-order valence-corrected chi connectivity index (χ3v) is 5.72. The highest BCUT2D eigenvalue weighted by Gasteiger charge is 2.28. The van der Waals surface area contributed by atoms with Crippen molar-refractivity contribution < 1.29 is 19.0 Å². The second-order valence-corrected chi connectivity index (χ2v) is 8.69. The third kappa shape index (κ3) is 6.45. The molecule has 0 saturated heterocycles. The highest BCUT2D eigenvalue weighted by Crippen LogP contribution is 2.36. The van der Waals surface area contributed by atoms with Crippen LogP contribution in [0.1, 0.15) is 18.4 Å². The molecule has 1 heterocycles. The number of aliphatic hydroxyl groups is 1. The summed E-state index contributed by atoms with van der Waals surface area (Å²) in [5.74, 6) is 3.84. The fourth-order valence-corrected chi connectivity index (χ4v) is 3.96. The second kappa shape index (κ2) is 11.3. The van der Waals surface area contributed by atoms with E-state index in [9.17, 15) is 9.50 Å². The van der Waals surface area contributed by atoms with E-state index < -0.39 is 6.10 Å². The molecule has 6 nitrogen and oxygen atoms in total. The Balaban J connectivity index is 1.63. The van der Waals surface area contributed by atoms with Crippen LogP contribution in [0.2, 0.25) is 0 Å². The highest BCUT2D eigenvalue weighted by atomic mass is 19.1. The van der Waals surface area contributed by atoms with Crippen molar-refractivity contribution in [2.24, 2.45) is 13.0 Å². The van der Waals surface area contributed by atoms with Gasteiger partial charge in [-0.3, -0.25) is 4.90 Å². The van der Waals surface area contributed by atoms with E-state index in [-0.39, 0.29) is 19.0 Å². The Kier molecular flexibility index (Phi) is 7.96. The maximum atomic E-state index is 13.4. The Morgan fingerprint density at radius 3 is 2.62 bits per heavy atom. The minimum atomic E-state index is -0.662. The van der Waals surface area contributed by atoms with Crippen LogP contribution < -0.4 is 4.74 Å². The van der Waals surface area contributed by atoms with Crippen molar-refractivity contribution in [2.45, 2.75) is 25.5 Å². The van der Waals surface area contributed by atoms with E-state index in [0.717, 1.165) is 23.4 Å². The van der Waals surface area contributed by atoms with Crippen molar-refractivity contribution in [2.75, 3.05) is 26.3 Å². The first-order valence-corrected chi connectivity index (χ1v) is 11.5. The number of benzene rings is 2. The van der Waals surface area contributed by atoms with Gasteiger partial charge >= 0.3 is 0 Å². The largest absolute Gasteiger partial charge is 0.439 e. The van der Waals surface area contributed by atoms with Gasteiger partial charge in [0.1, 0.15) is 23.9 Å². The summed E-state index contributed by atoms with van der Waals surface area (Å²) in [5, 5.41) is 15.3. The molecule has 3 aromatic rings. The van der Waals surface area contributed by atoms with E-state index in [4.69, 9.17) is 21.0 Å². The molecule has 178 valence electrons. The Bertz CT molecular complexity index is 1100. The molecule has 1 aromatic heterocycles. The lowest BCUT2D eigenvalue weighted by Crippen LogP contribution is -2.36. The predicted octanol–water partition coefficient (Wildman–Crippen LogP) is 4.24. The molecule has 4 rings (SSSR count). The van der Waals surface area contributed by atoms with Crippen molar-refractivity contribution in [3.63, 3.8) is 0 Å². The summed E-state index contributed by atoms with van der Waals surface area (Å²) in [5.41, 5.74) is 2.71. The van der Waals surface area contributed by atoms with E-state index in [1.807, 2.05) is 37.4 Å². The molecule has 1 atom stereocenters. The molecule has 7 heteroatoms. The molecule has 1 N–H and O–H groups in total. The van der Waals surface area contributed by atoms with Gasteiger partial charge in [-0.05, 0) is 43.0 Å². The van der Waals surface area contributed by atoms with Crippen molar-refractivity contribution >= 4 is 0 Å². The van der Waals surface area contributed by atoms with Gasteiger partial charge in [0.2, 0.25) is 5.88 Å². The molecule has 0 spiro atoms. The van der Waals surface area contributed by atoms with Gasteiger partial charge in [-0.15, -0.1) is 6.42 Å². The summed E-state index contributed by atoms with van der Waals surface area (Å²) in [6, 6.07) is 15.9. The lowest BCUT2D eigenvalue weighted by Gasteiger charge is -2.25. The summed E-state index contributed by atoms with van der Waals surface area (Å²) in [4.78, 5) is 2.22. The zero-order valence-electron chi connectivity index (χ0n) is 19.4. The van der Waals surface area contributed by atoms with Crippen LogP contribution in [0.5, 0.6) is 11.6 Å². The fourth-order valence-electron chi connectivity index (χ4n) is 3.96. The number of rotatable bonds is 12. The molecule has 1 aliphatic rings. The topological polar surface area (TPSA) is 59.8 Å². The zero-order chi connectivity index (χ0) is 23.9. The zero-order valence-corrected chi connectivity index (χ0v) is 19.4. The van der Waals surface area contributed by atoms with Crippen LogP contribution in [0.15, 0.2) is 54.6 Å². The van der Waals surface area contributed by atoms with Crippen molar-refractivity contribution in [3.05, 3.63) is 66.0 Å². The Morgan fingerprint density at radius 2 is 1.94 bits per heavy atom. The summed E-state index contributed by atoms with van der Waals surface area (Å²) in [6.07, 6.45) is 6.97. The number of terminal acetylenes is 1. The van der Waals surface area contributed by atoms with E-state index in [0.29, 0.717) is 30.6 Å². The SMILES string of the molecule is C#CCOCC(O)CN(Cc1c(-c2ccccc2)nn(C)c1Oc1ccc(F)cc1)CC1CC1. The van der Waals surface area contributed by atoms with Crippen LogP contribution in [0.25, 0.3) is 11.3 Å². The van der Waals surface area contributed by atoms with E-state index >= 15 is 0 Å². The van der Waals surface area contributed by atoms with Gasteiger partial charge in [-0.1, -0.05) is 36.3 Å². The third-order valence-electron chi connectivity index (χ3n) is 5.72. The smallest absolute Gasteiger partial charge is 0.222 e. The van der Waals surface area contributed by atoms with Crippen molar-refractivity contribution in [1.82, 2.24) is 14.7 Å². The number of hydrogen-bond acceptors (Lipinski definition) is 5. The quantitative estimate of drug-likeness (QED) is 0.322. The second-order valence-electron chi connectivity index (χ2n) is 8.69. The molecule has 0 bridgehead atoms. The van der Waals surface area contributed by atoms with Crippen LogP contribution in [-0.2, 0) is 18.3 Å². The summed E-state index contributed by atoms with van der Waals surface area (Å²) in [7, 11) is 1.84. The molecule has 0 amide bonds. The number of ether oxygens (including phenoxy) is 2. The number of aryl methyl sites for hydroxylation is 1. The summed E-state index contributed by atoms with van der Waals surface area (Å²) < 4.78 is 26.7. The van der Waals surface area contributed by atoms with Crippen molar-refractivity contribution in [3.8, 4) is 35.2 Å². The fraction of sp³-hybridized carbons (Fsp3) is 0.370. The van der Waals surface area contributed by atoms with Crippen LogP contribution in [0.3, 0.4) is 0 Å². The minimum Gasteiger partial charge on any atom is -0.439 e. The first kappa shape index (κ1) is 24.0. The van der Waals surface area contributed by atoms with Gasteiger partial charge in [0.15, 0.2) is 0 Å².